The van der Waals surface area contributed by atoms with E-state index in [2.05, 4.69) is 16.7 Å². The lowest BCUT2D eigenvalue weighted by molar-refractivity contribution is 0.0824. The number of phenolic OH excluding ortho intramolecular Hbond substituents is 1. The molecule has 1 atom stereocenters. The molecule has 4 rings (SSSR count). The van der Waals surface area contributed by atoms with E-state index in [1.807, 2.05) is 18.2 Å². The highest BCUT2D eigenvalue weighted by molar-refractivity contribution is 5.99. The second-order valence-electron chi connectivity index (χ2n) is 7.72. The molecule has 3 N–H and O–H groups in total. The van der Waals surface area contributed by atoms with Crippen LogP contribution in [0.5, 0.6) is 5.75 Å². The number of carbonyl (C=O) groups is 1. The van der Waals surface area contributed by atoms with Crippen molar-refractivity contribution >= 4 is 23.0 Å². The van der Waals surface area contributed by atoms with E-state index in [-0.39, 0.29) is 40.3 Å². The van der Waals surface area contributed by atoms with Crippen LogP contribution in [0.4, 0.5) is 17.1 Å². The number of fused-ring (bicyclic) bond motifs is 1. The van der Waals surface area contributed by atoms with Crippen LogP contribution < -0.4 is 21.5 Å². The lowest BCUT2D eigenvalue weighted by atomic mass is 9.87. The number of aryl methyl sites for hydroxylation is 1. The van der Waals surface area contributed by atoms with Crippen LogP contribution in [-0.2, 0) is 6.42 Å². The van der Waals surface area contributed by atoms with E-state index in [1.54, 1.807) is 26.2 Å². The third-order valence-electron chi connectivity index (χ3n) is 5.53. The van der Waals surface area contributed by atoms with Gasteiger partial charge in [-0.05, 0) is 42.5 Å². The van der Waals surface area contributed by atoms with Gasteiger partial charge >= 0.3 is 0 Å². The predicted octanol–water partition coefficient (Wildman–Crippen LogP) is 2.92. The van der Waals surface area contributed by atoms with Crippen LogP contribution in [0.2, 0.25) is 0 Å². The molecule has 0 unspecified atom stereocenters. The molecule has 0 radical (unpaired) electrons. The molecule has 1 amide bonds. The molecule has 30 heavy (non-hydrogen) atoms. The zero-order valence-electron chi connectivity index (χ0n) is 16.9. The number of hydrogen-bond acceptors (Lipinski definition) is 6. The van der Waals surface area contributed by atoms with E-state index >= 15 is 0 Å². The van der Waals surface area contributed by atoms with Gasteiger partial charge in [0.05, 0.1) is 17.3 Å². The van der Waals surface area contributed by atoms with Crippen LogP contribution in [-0.4, -0.2) is 30.0 Å². The highest BCUT2D eigenvalue weighted by Gasteiger charge is 2.27. The molecule has 0 heterocycles. The first-order valence-electron chi connectivity index (χ1n) is 9.86. The monoisotopic (exact) mass is 405 g/mol. The smallest absolute Gasteiger partial charge is 0.257 e. The van der Waals surface area contributed by atoms with Gasteiger partial charge in [-0.1, -0.05) is 30.3 Å². The summed E-state index contributed by atoms with van der Waals surface area (Å²) in [5.74, 6) is -0.628. The van der Waals surface area contributed by atoms with Gasteiger partial charge < -0.3 is 20.6 Å². The number of rotatable bonds is 5. The first-order chi connectivity index (χ1) is 14.4. The minimum Gasteiger partial charge on any atom is -0.505 e. The van der Waals surface area contributed by atoms with Crippen molar-refractivity contribution in [3.63, 3.8) is 0 Å². The van der Waals surface area contributed by atoms with E-state index in [0.717, 1.165) is 24.8 Å². The van der Waals surface area contributed by atoms with Crippen molar-refractivity contribution in [3.8, 4) is 5.75 Å². The summed E-state index contributed by atoms with van der Waals surface area (Å²) >= 11 is 0. The Bertz CT molecular complexity index is 1190. The molecule has 1 aliphatic carbocycles. The highest BCUT2D eigenvalue weighted by Crippen LogP contribution is 2.35. The molecular weight excluding hydrogens is 382 g/mol. The van der Waals surface area contributed by atoms with Gasteiger partial charge in [0.2, 0.25) is 0 Å². The Balaban J connectivity index is 1.63. The summed E-state index contributed by atoms with van der Waals surface area (Å²) in [7, 11) is 3.17. The standard InChI is InChI=1S/C23H23N3O4/c1-26(2)23(30)15-10-6-12-17(20(15)27)25-19-18(21(28)22(19)29)24-16-11-5-8-13-7-3-4-9-14(13)16/h3-4,6-7,9-10,12,16,24-25,27H,5,8,11H2,1-2H3/t16-/m1/s1. The zero-order chi connectivity index (χ0) is 21.4. The van der Waals surface area contributed by atoms with E-state index in [1.165, 1.54) is 16.5 Å². The van der Waals surface area contributed by atoms with Gasteiger partial charge in [-0.2, -0.15) is 0 Å². The van der Waals surface area contributed by atoms with Gasteiger partial charge in [-0.15, -0.1) is 0 Å². The van der Waals surface area contributed by atoms with Crippen LogP contribution >= 0.6 is 0 Å². The maximum absolute atomic E-state index is 12.3. The average molecular weight is 405 g/mol. The Kier molecular flexibility index (Phi) is 5.03. The molecule has 3 aromatic carbocycles. The Morgan fingerprint density at radius 3 is 2.53 bits per heavy atom. The molecule has 0 aliphatic heterocycles. The molecule has 0 fully saturated rings. The number of nitrogens with one attached hydrogen (secondary N) is 2. The lowest BCUT2D eigenvalue weighted by Crippen LogP contribution is -2.38. The third-order valence-corrected chi connectivity index (χ3v) is 5.53. The Hall–Kier alpha value is -3.61. The van der Waals surface area contributed by atoms with Crippen molar-refractivity contribution in [1.29, 1.82) is 0 Å². The number of carbonyl (C=O) groups excluding carboxylic acids is 1. The Labute approximate surface area is 173 Å². The molecule has 0 saturated carbocycles. The second kappa shape index (κ2) is 7.67. The van der Waals surface area contributed by atoms with E-state index in [0.29, 0.717) is 0 Å². The maximum atomic E-state index is 12.3. The molecule has 0 saturated heterocycles. The molecule has 0 spiro atoms. The summed E-state index contributed by atoms with van der Waals surface area (Å²) in [6.07, 6.45) is 2.83. The van der Waals surface area contributed by atoms with E-state index in [4.69, 9.17) is 0 Å². The Morgan fingerprint density at radius 1 is 1.03 bits per heavy atom. The SMILES string of the molecule is CN(C)C(=O)c1cccc(Nc2c(N[C@@H]3CCCc4ccccc43)c(=O)c2=O)c1O. The van der Waals surface area contributed by atoms with Crippen LogP contribution in [0.1, 0.15) is 40.4 Å². The zero-order valence-corrected chi connectivity index (χ0v) is 16.9. The minimum atomic E-state index is -0.648. The summed E-state index contributed by atoms with van der Waals surface area (Å²) in [6.45, 7) is 0. The number of para-hydroxylation sites is 1. The van der Waals surface area contributed by atoms with Gasteiger partial charge in [0.1, 0.15) is 11.4 Å². The minimum absolute atomic E-state index is 0.0611. The maximum Gasteiger partial charge on any atom is 0.257 e. The van der Waals surface area contributed by atoms with Crippen LogP contribution in [0.25, 0.3) is 0 Å². The highest BCUT2D eigenvalue weighted by atomic mass is 16.3. The van der Waals surface area contributed by atoms with Crippen LogP contribution in [0, 0.1) is 0 Å². The summed E-state index contributed by atoms with van der Waals surface area (Å²) in [5, 5.41) is 16.6. The van der Waals surface area contributed by atoms with Crippen LogP contribution in [0.15, 0.2) is 52.1 Å². The molecule has 7 heteroatoms. The fourth-order valence-corrected chi connectivity index (χ4v) is 3.92. The van der Waals surface area contributed by atoms with Gasteiger partial charge in [-0.25, -0.2) is 0 Å². The van der Waals surface area contributed by atoms with Crippen molar-refractivity contribution in [3.05, 3.63) is 79.6 Å². The normalized spacial score (nSPS) is 15.5. The lowest BCUT2D eigenvalue weighted by Gasteiger charge is -2.28. The third kappa shape index (κ3) is 3.32. The van der Waals surface area contributed by atoms with Gasteiger partial charge in [0, 0.05) is 14.1 Å². The summed E-state index contributed by atoms with van der Waals surface area (Å²) in [6, 6.07) is 12.7. The van der Waals surface area contributed by atoms with Crippen molar-refractivity contribution in [2.45, 2.75) is 25.3 Å². The molecule has 7 nitrogen and oxygen atoms in total. The van der Waals surface area contributed by atoms with Gasteiger partial charge in [-0.3, -0.25) is 14.4 Å². The number of aromatic hydroxyl groups is 1. The van der Waals surface area contributed by atoms with Crippen molar-refractivity contribution in [1.82, 2.24) is 4.90 Å². The van der Waals surface area contributed by atoms with Gasteiger partial charge in [0.15, 0.2) is 5.75 Å². The fourth-order valence-electron chi connectivity index (χ4n) is 3.92. The number of anilines is 3. The van der Waals surface area contributed by atoms with Crippen molar-refractivity contribution in [2.24, 2.45) is 0 Å². The van der Waals surface area contributed by atoms with Crippen LogP contribution in [0.3, 0.4) is 0 Å². The second-order valence-corrected chi connectivity index (χ2v) is 7.72. The molecule has 1 aliphatic rings. The summed E-state index contributed by atoms with van der Waals surface area (Å²) in [5.41, 5.74) is 1.76. The molecule has 3 aromatic rings. The van der Waals surface area contributed by atoms with Gasteiger partial charge in [0.25, 0.3) is 16.8 Å². The van der Waals surface area contributed by atoms with Crippen molar-refractivity contribution in [2.75, 3.05) is 24.7 Å². The molecule has 0 bridgehead atoms. The summed E-state index contributed by atoms with van der Waals surface area (Å²) < 4.78 is 0. The molecular formula is C23H23N3O4. The van der Waals surface area contributed by atoms with E-state index < -0.39 is 10.9 Å². The summed E-state index contributed by atoms with van der Waals surface area (Å²) in [4.78, 5) is 38.1. The van der Waals surface area contributed by atoms with E-state index in [9.17, 15) is 19.5 Å². The molecule has 154 valence electrons. The Morgan fingerprint density at radius 2 is 1.77 bits per heavy atom. The number of benzene rings is 2. The quantitative estimate of drug-likeness (QED) is 0.446. The predicted molar refractivity (Wildman–Crippen MR) is 117 cm³/mol. The first-order valence-corrected chi connectivity index (χ1v) is 9.86. The number of amides is 1. The number of nitrogens with zero attached hydrogens (tertiary/aromatic N) is 1. The topological polar surface area (TPSA) is 98.7 Å². The van der Waals surface area contributed by atoms with Crippen molar-refractivity contribution < 1.29 is 9.90 Å². The first kappa shape index (κ1) is 19.7. The number of phenols is 1. The molecule has 0 aromatic heterocycles. The largest absolute Gasteiger partial charge is 0.505 e. The fraction of sp³-hybridized carbons (Fsp3) is 0.261. The average Bonchev–Trinajstić information content (AvgIpc) is 2.76. The number of hydrogen-bond donors (Lipinski definition) is 3.